The molecule has 2 aromatic rings. The molecule has 0 spiro atoms. The number of rotatable bonds is 4. The Morgan fingerprint density at radius 1 is 1.50 bits per heavy atom. The molecular weight excluding hydrogens is 269 g/mol. The standard InChI is InChI=1S/C12H10FN3S2/c1-2-11-15-12(18-16-11)17-7-9-4-3-8(6-14)5-10(9)13/h3-5H,2,7H2,1H3. The van der Waals surface area contributed by atoms with E-state index in [9.17, 15) is 4.39 Å². The zero-order chi connectivity index (χ0) is 13.0. The van der Waals surface area contributed by atoms with Crippen LogP contribution in [-0.4, -0.2) is 9.36 Å². The molecule has 0 fully saturated rings. The van der Waals surface area contributed by atoms with Crippen molar-refractivity contribution >= 4 is 23.3 Å². The fraction of sp³-hybridized carbons (Fsp3) is 0.250. The molecule has 0 unspecified atom stereocenters. The second-order valence-corrected chi connectivity index (χ2v) is 5.51. The van der Waals surface area contributed by atoms with Crippen LogP contribution in [0.3, 0.4) is 0 Å². The molecule has 0 aliphatic heterocycles. The van der Waals surface area contributed by atoms with Crippen molar-refractivity contribution in [2.45, 2.75) is 23.4 Å². The Morgan fingerprint density at radius 3 is 2.94 bits per heavy atom. The van der Waals surface area contributed by atoms with Gasteiger partial charge in [0, 0.05) is 12.2 Å². The number of aromatic nitrogens is 2. The number of nitriles is 1. The van der Waals surface area contributed by atoms with Gasteiger partial charge in [-0.25, -0.2) is 9.37 Å². The maximum Gasteiger partial charge on any atom is 0.170 e. The number of thioether (sulfide) groups is 1. The lowest BCUT2D eigenvalue weighted by atomic mass is 10.1. The van der Waals surface area contributed by atoms with Crippen LogP contribution in [0.5, 0.6) is 0 Å². The van der Waals surface area contributed by atoms with E-state index < -0.39 is 0 Å². The molecule has 1 aromatic heterocycles. The van der Waals surface area contributed by atoms with E-state index in [0.29, 0.717) is 16.9 Å². The molecule has 6 heteroatoms. The lowest BCUT2D eigenvalue weighted by molar-refractivity contribution is 0.617. The SMILES string of the molecule is CCc1nsc(SCc2ccc(C#N)cc2F)n1. The predicted molar refractivity (Wildman–Crippen MR) is 70.0 cm³/mol. The minimum atomic E-state index is -0.346. The van der Waals surface area contributed by atoms with E-state index in [1.807, 2.05) is 13.0 Å². The summed E-state index contributed by atoms with van der Waals surface area (Å²) in [7, 11) is 0. The highest BCUT2D eigenvalue weighted by molar-refractivity contribution is 8.00. The number of hydrogen-bond acceptors (Lipinski definition) is 5. The van der Waals surface area contributed by atoms with Crippen LogP contribution in [0.1, 0.15) is 23.9 Å². The van der Waals surface area contributed by atoms with Crippen molar-refractivity contribution in [1.29, 1.82) is 5.26 Å². The topological polar surface area (TPSA) is 49.6 Å². The van der Waals surface area contributed by atoms with Gasteiger partial charge in [-0.1, -0.05) is 24.8 Å². The van der Waals surface area contributed by atoms with Crippen LogP contribution in [0.2, 0.25) is 0 Å². The number of aryl methyl sites for hydroxylation is 1. The molecule has 0 N–H and O–H groups in total. The van der Waals surface area contributed by atoms with Crippen molar-refractivity contribution in [3.63, 3.8) is 0 Å². The Morgan fingerprint density at radius 2 is 2.33 bits per heavy atom. The second-order valence-electron chi connectivity index (χ2n) is 3.54. The Labute approximate surface area is 113 Å². The van der Waals surface area contributed by atoms with Crippen molar-refractivity contribution in [3.05, 3.63) is 41.0 Å². The lowest BCUT2D eigenvalue weighted by Gasteiger charge is -2.01. The van der Waals surface area contributed by atoms with Gasteiger partial charge in [-0.2, -0.15) is 9.64 Å². The van der Waals surface area contributed by atoms with Gasteiger partial charge in [-0.15, -0.1) is 0 Å². The van der Waals surface area contributed by atoms with Crippen LogP contribution in [0.15, 0.2) is 22.5 Å². The monoisotopic (exact) mass is 279 g/mol. The average Bonchev–Trinajstić information content (AvgIpc) is 2.85. The summed E-state index contributed by atoms with van der Waals surface area (Å²) in [5.41, 5.74) is 0.915. The molecule has 1 aromatic carbocycles. The number of halogens is 1. The molecule has 1 heterocycles. The first-order valence-corrected chi connectivity index (χ1v) is 7.12. The molecule has 2 rings (SSSR count). The van der Waals surface area contributed by atoms with Gasteiger partial charge in [0.1, 0.15) is 11.6 Å². The van der Waals surface area contributed by atoms with E-state index >= 15 is 0 Å². The van der Waals surface area contributed by atoms with Crippen LogP contribution < -0.4 is 0 Å². The molecule has 3 nitrogen and oxygen atoms in total. The summed E-state index contributed by atoms with van der Waals surface area (Å²) in [6, 6.07) is 6.43. The fourth-order valence-corrected chi connectivity index (χ4v) is 3.00. The number of hydrogen-bond donors (Lipinski definition) is 0. The third kappa shape index (κ3) is 3.06. The minimum absolute atomic E-state index is 0.338. The highest BCUT2D eigenvalue weighted by Gasteiger charge is 2.07. The van der Waals surface area contributed by atoms with Gasteiger partial charge in [0.2, 0.25) is 0 Å². The molecule has 18 heavy (non-hydrogen) atoms. The molecule has 0 atom stereocenters. The third-order valence-electron chi connectivity index (χ3n) is 2.30. The van der Waals surface area contributed by atoms with Gasteiger partial charge in [0.25, 0.3) is 0 Å². The highest BCUT2D eigenvalue weighted by atomic mass is 32.2. The largest absolute Gasteiger partial charge is 0.213 e. The van der Waals surface area contributed by atoms with E-state index in [2.05, 4.69) is 9.36 Å². The third-order valence-corrected chi connectivity index (χ3v) is 4.22. The summed E-state index contributed by atoms with van der Waals surface area (Å²) in [5.74, 6) is 0.972. The predicted octanol–water partition coefficient (Wildman–Crippen LogP) is 3.40. The summed E-state index contributed by atoms with van der Waals surface area (Å²) in [4.78, 5) is 4.30. The van der Waals surface area contributed by atoms with Crippen molar-refractivity contribution in [2.24, 2.45) is 0 Å². The summed E-state index contributed by atoms with van der Waals surface area (Å²) in [6.07, 6.45) is 0.808. The van der Waals surface area contributed by atoms with Crippen LogP contribution in [0.25, 0.3) is 0 Å². The van der Waals surface area contributed by atoms with Crippen molar-refractivity contribution in [1.82, 2.24) is 9.36 Å². The highest BCUT2D eigenvalue weighted by Crippen LogP contribution is 2.25. The molecular formula is C12H10FN3S2. The lowest BCUT2D eigenvalue weighted by Crippen LogP contribution is -1.89. The Bertz CT molecular complexity index is 589. The van der Waals surface area contributed by atoms with Crippen molar-refractivity contribution in [2.75, 3.05) is 0 Å². The van der Waals surface area contributed by atoms with Gasteiger partial charge < -0.3 is 0 Å². The van der Waals surface area contributed by atoms with Crippen molar-refractivity contribution < 1.29 is 4.39 Å². The summed E-state index contributed by atoms with van der Waals surface area (Å²) < 4.78 is 18.6. The van der Waals surface area contributed by atoms with Gasteiger partial charge in [-0.3, -0.25) is 0 Å². The summed E-state index contributed by atoms with van der Waals surface area (Å²) in [6.45, 7) is 2.00. The normalized spacial score (nSPS) is 10.3. The van der Waals surface area contributed by atoms with Crippen LogP contribution in [-0.2, 0) is 12.2 Å². The maximum atomic E-state index is 13.6. The van der Waals surface area contributed by atoms with Gasteiger partial charge in [0.05, 0.1) is 11.6 Å². The van der Waals surface area contributed by atoms with Crippen molar-refractivity contribution in [3.8, 4) is 6.07 Å². The molecule has 0 bridgehead atoms. The Balaban J connectivity index is 2.04. The fourth-order valence-electron chi connectivity index (χ4n) is 1.31. The Hall–Kier alpha value is -1.45. The first-order chi connectivity index (χ1) is 8.72. The van der Waals surface area contributed by atoms with E-state index in [0.717, 1.165) is 16.6 Å². The second kappa shape index (κ2) is 5.94. The van der Waals surface area contributed by atoms with Gasteiger partial charge >= 0.3 is 0 Å². The molecule has 92 valence electrons. The quantitative estimate of drug-likeness (QED) is 0.805. The summed E-state index contributed by atoms with van der Waals surface area (Å²) >= 11 is 2.79. The van der Waals surface area contributed by atoms with Gasteiger partial charge in [0.15, 0.2) is 4.34 Å². The van der Waals surface area contributed by atoms with Crippen LogP contribution >= 0.6 is 23.3 Å². The summed E-state index contributed by atoms with van der Waals surface area (Å²) in [5, 5.41) is 8.65. The number of benzene rings is 1. The van der Waals surface area contributed by atoms with Crippen LogP contribution in [0, 0.1) is 17.1 Å². The van der Waals surface area contributed by atoms with E-state index in [4.69, 9.17) is 5.26 Å². The zero-order valence-corrected chi connectivity index (χ0v) is 11.3. The minimum Gasteiger partial charge on any atom is -0.213 e. The van der Waals surface area contributed by atoms with Gasteiger partial charge in [-0.05, 0) is 29.2 Å². The molecule has 0 aliphatic carbocycles. The first kappa shape index (κ1) is 13.0. The van der Waals surface area contributed by atoms with E-state index in [-0.39, 0.29) is 5.82 Å². The molecule has 0 saturated heterocycles. The Kier molecular flexibility index (Phi) is 4.28. The maximum absolute atomic E-state index is 13.6. The van der Waals surface area contributed by atoms with Crippen LogP contribution in [0.4, 0.5) is 4.39 Å². The van der Waals surface area contributed by atoms with E-state index in [1.54, 1.807) is 12.1 Å². The first-order valence-electron chi connectivity index (χ1n) is 5.37. The molecule has 0 amide bonds. The molecule has 0 saturated carbocycles. The molecule has 0 radical (unpaired) electrons. The smallest absolute Gasteiger partial charge is 0.170 e. The van der Waals surface area contributed by atoms with E-state index in [1.165, 1.54) is 29.4 Å². The number of nitrogens with zero attached hydrogens (tertiary/aromatic N) is 3. The molecule has 0 aliphatic rings. The average molecular weight is 279 g/mol. The zero-order valence-electron chi connectivity index (χ0n) is 9.68.